The number of hydrogen-bond acceptors (Lipinski definition) is 3. The topological polar surface area (TPSA) is 58.6 Å². The van der Waals surface area contributed by atoms with E-state index in [1.54, 1.807) is 11.0 Å². The summed E-state index contributed by atoms with van der Waals surface area (Å²) in [6, 6.07) is 7.33. The molecule has 1 saturated heterocycles. The van der Waals surface area contributed by atoms with Gasteiger partial charge in [-0.1, -0.05) is 11.6 Å². The third kappa shape index (κ3) is 3.23. The molecule has 0 unspecified atom stereocenters. The van der Waals surface area contributed by atoms with Gasteiger partial charge in [-0.3, -0.25) is 9.69 Å². The van der Waals surface area contributed by atoms with Crippen LogP contribution in [0.1, 0.15) is 25.7 Å². The lowest BCUT2D eigenvalue weighted by molar-refractivity contribution is -0.112. The molecular formula is C18H20N2O3. The number of benzene rings is 1. The van der Waals surface area contributed by atoms with Gasteiger partial charge in [-0.25, -0.2) is 4.79 Å². The van der Waals surface area contributed by atoms with E-state index in [0.29, 0.717) is 30.7 Å². The van der Waals surface area contributed by atoms with Crippen LogP contribution in [0.5, 0.6) is 0 Å². The van der Waals surface area contributed by atoms with Crippen molar-refractivity contribution in [3.8, 4) is 0 Å². The van der Waals surface area contributed by atoms with E-state index in [4.69, 9.17) is 4.74 Å². The number of hydrogen-bond donors (Lipinski definition) is 1. The Morgan fingerprint density at radius 2 is 1.96 bits per heavy atom. The molecule has 0 atom stereocenters. The first kappa shape index (κ1) is 14.3. The molecule has 5 heteroatoms. The van der Waals surface area contributed by atoms with Crippen molar-refractivity contribution < 1.29 is 14.3 Å². The van der Waals surface area contributed by atoms with E-state index < -0.39 is 0 Å². The van der Waals surface area contributed by atoms with Crippen LogP contribution in [0.4, 0.5) is 16.2 Å². The van der Waals surface area contributed by atoms with Crippen molar-refractivity contribution in [1.82, 2.24) is 0 Å². The Kier molecular flexibility index (Phi) is 3.56. The van der Waals surface area contributed by atoms with Gasteiger partial charge in [0.1, 0.15) is 6.61 Å². The van der Waals surface area contributed by atoms with Crippen LogP contribution in [0.3, 0.4) is 0 Å². The lowest BCUT2D eigenvalue weighted by Gasteiger charge is -2.14. The number of amides is 2. The van der Waals surface area contributed by atoms with Crippen molar-refractivity contribution in [2.24, 2.45) is 11.8 Å². The van der Waals surface area contributed by atoms with Gasteiger partial charge < -0.3 is 10.1 Å². The van der Waals surface area contributed by atoms with Crippen molar-refractivity contribution in [3.63, 3.8) is 0 Å². The van der Waals surface area contributed by atoms with E-state index in [9.17, 15) is 9.59 Å². The van der Waals surface area contributed by atoms with Crippen LogP contribution in [0, 0.1) is 11.8 Å². The molecule has 23 heavy (non-hydrogen) atoms. The fraction of sp³-hybridized carbons (Fsp3) is 0.444. The number of nitrogens with one attached hydrogen (secondary N) is 1. The third-order valence-electron chi connectivity index (χ3n) is 4.58. The van der Waals surface area contributed by atoms with E-state index in [2.05, 4.69) is 5.32 Å². The second kappa shape index (κ2) is 5.72. The summed E-state index contributed by atoms with van der Waals surface area (Å²) >= 11 is 0. The van der Waals surface area contributed by atoms with Crippen molar-refractivity contribution in [3.05, 3.63) is 35.9 Å². The zero-order valence-corrected chi connectivity index (χ0v) is 13.0. The highest BCUT2D eigenvalue weighted by Crippen LogP contribution is 2.48. The summed E-state index contributed by atoms with van der Waals surface area (Å²) in [5.74, 6) is 1.21. The van der Waals surface area contributed by atoms with Crippen LogP contribution >= 0.6 is 0 Å². The molecule has 120 valence electrons. The monoisotopic (exact) mass is 312 g/mol. The minimum Gasteiger partial charge on any atom is -0.447 e. The zero-order chi connectivity index (χ0) is 15.8. The molecule has 1 aromatic carbocycles. The minimum atomic E-state index is -0.335. The summed E-state index contributed by atoms with van der Waals surface area (Å²) in [6.45, 7) is 0.952. The number of allylic oxidation sites excluding steroid dienone is 1. The van der Waals surface area contributed by atoms with Gasteiger partial charge in [0.25, 0.3) is 0 Å². The maximum absolute atomic E-state index is 12.3. The average Bonchev–Trinajstić information content (AvgIpc) is 3.44. The zero-order valence-electron chi connectivity index (χ0n) is 13.0. The molecule has 0 radical (unpaired) electrons. The maximum atomic E-state index is 12.3. The lowest BCUT2D eigenvalue weighted by Crippen LogP contribution is -2.23. The van der Waals surface area contributed by atoms with Crippen LogP contribution in [-0.2, 0) is 9.53 Å². The Bertz CT molecular complexity index is 661. The second-order valence-corrected chi connectivity index (χ2v) is 6.50. The fourth-order valence-corrected chi connectivity index (χ4v) is 3.11. The number of ether oxygens (including phenoxy) is 1. The van der Waals surface area contributed by atoms with Crippen molar-refractivity contribution >= 4 is 23.4 Å². The minimum absolute atomic E-state index is 0.0695. The average molecular weight is 312 g/mol. The van der Waals surface area contributed by atoms with E-state index in [1.165, 1.54) is 31.3 Å². The number of carbonyl (C=O) groups excluding carboxylic acids is 2. The number of rotatable bonds is 5. The molecule has 3 fully saturated rings. The molecule has 1 aromatic rings. The summed E-state index contributed by atoms with van der Waals surface area (Å²) in [7, 11) is 0. The van der Waals surface area contributed by atoms with Gasteiger partial charge in [-0.05, 0) is 55.7 Å². The number of carbonyl (C=O) groups is 2. The summed E-state index contributed by atoms with van der Waals surface area (Å²) in [5.41, 5.74) is 2.79. The standard InChI is InChI=1S/C18H20N2O3/c21-17(11-16(12-4-5-12)13-6-7-13)19-14-2-1-3-15(10-14)20-8-9-23-18(20)22/h1-3,10-13H,4-9H2,(H,19,21). The van der Waals surface area contributed by atoms with Crippen LogP contribution in [0.2, 0.25) is 0 Å². The van der Waals surface area contributed by atoms with Crippen LogP contribution < -0.4 is 10.2 Å². The van der Waals surface area contributed by atoms with Gasteiger partial charge >= 0.3 is 6.09 Å². The third-order valence-corrected chi connectivity index (χ3v) is 4.58. The van der Waals surface area contributed by atoms with E-state index >= 15 is 0 Å². The fourth-order valence-electron chi connectivity index (χ4n) is 3.11. The summed E-state index contributed by atoms with van der Waals surface area (Å²) in [4.78, 5) is 25.5. The Morgan fingerprint density at radius 1 is 1.22 bits per heavy atom. The Balaban J connectivity index is 1.47. The maximum Gasteiger partial charge on any atom is 0.414 e. The van der Waals surface area contributed by atoms with Crippen molar-refractivity contribution in [2.75, 3.05) is 23.4 Å². The van der Waals surface area contributed by atoms with Gasteiger partial charge in [0.15, 0.2) is 0 Å². The highest BCUT2D eigenvalue weighted by atomic mass is 16.6. The van der Waals surface area contributed by atoms with Crippen molar-refractivity contribution in [2.45, 2.75) is 25.7 Å². The van der Waals surface area contributed by atoms with Gasteiger partial charge in [-0.15, -0.1) is 0 Å². The molecule has 1 N–H and O–H groups in total. The summed E-state index contributed by atoms with van der Waals surface area (Å²) < 4.78 is 4.95. The normalized spacial score (nSPS) is 20.2. The predicted molar refractivity (Wildman–Crippen MR) is 87.3 cm³/mol. The molecule has 2 aliphatic carbocycles. The summed E-state index contributed by atoms with van der Waals surface area (Å²) in [6.07, 6.45) is 6.36. The highest BCUT2D eigenvalue weighted by molar-refractivity contribution is 6.00. The molecule has 2 saturated carbocycles. The highest BCUT2D eigenvalue weighted by Gasteiger charge is 2.36. The number of nitrogens with zero attached hydrogens (tertiary/aromatic N) is 1. The first-order chi connectivity index (χ1) is 11.2. The van der Waals surface area contributed by atoms with E-state index in [-0.39, 0.29) is 12.0 Å². The van der Waals surface area contributed by atoms with Crippen LogP contribution in [0.15, 0.2) is 35.9 Å². The Hall–Kier alpha value is -2.30. The van der Waals surface area contributed by atoms with Gasteiger partial charge in [-0.2, -0.15) is 0 Å². The van der Waals surface area contributed by atoms with Gasteiger partial charge in [0.2, 0.25) is 5.91 Å². The molecule has 2 amide bonds. The molecule has 0 bridgehead atoms. The second-order valence-electron chi connectivity index (χ2n) is 6.50. The molecule has 1 heterocycles. The molecule has 0 spiro atoms. The van der Waals surface area contributed by atoms with Crippen LogP contribution in [0.25, 0.3) is 0 Å². The molecule has 4 rings (SSSR count). The summed E-state index contributed by atoms with van der Waals surface area (Å²) in [5, 5.41) is 2.92. The first-order valence-electron chi connectivity index (χ1n) is 8.27. The molecule has 3 aliphatic rings. The van der Waals surface area contributed by atoms with Gasteiger partial charge in [0.05, 0.1) is 6.54 Å². The molecular weight excluding hydrogens is 292 g/mol. The lowest BCUT2D eigenvalue weighted by atomic mass is 10.1. The van der Waals surface area contributed by atoms with E-state index in [1.807, 2.05) is 24.3 Å². The quantitative estimate of drug-likeness (QED) is 0.848. The Morgan fingerprint density at radius 3 is 2.57 bits per heavy atom. The number of cyclic esters (lactones) is 1. The first-order valence-corrected chi connectivity index (χ1v) is 8.27. The van der Waals surface area contributed by atoms with Crippen molar-refractivity contribution in [1.29, 1.82) is 0 Å². The van der Waals surface area contributed by atoms with E-state index in [0.717, 1.165) is 5.69 Å². The molecule has 1 aliphatic heterocycles. The smallest absolute Gasteiger partial charge is 0.414 e. The molecule has 5 nitrogen and oxygen atoms in total. The number of anilines is 2. The molecule has 0 aromatic heterocycles. The predicted octanol–water partition coefficient (Wildman–Crippen LogP) is 3.33. The Labute approximate surface area is 135 Å². The largest absolute Gasteiger partial charge is 0.447 e. The van der Waals surface area contributed by atoms with Gasteiger partial charge in [0, 0.05) is 17.5 Å². The SMILES string of the molecule is O=C(C=C(C1CC1)C1CC1)Nc1cccc(N2CCOC2=O)c1. The van der Waals surface area contributed by atoms with Crippen LogP contribution in [-0.4, -0.2) is 25.2 Å².